The normalized spacial score (nSPS) is 10.6. The lowest BCUT2D eigenvalue weighted by Gasteiger charge is -2.07. The molecule has 0 N–H and O–H groups in total. The number of carbonyl (C=O) groups is 1. The zero-order valence-corrected chi connectivity index (χ0v) is 16.2. The molecule has 3 heteroatoms. The fourth-order valence-corrected chi connectivity index (χ4v) is 2.69. The van der Waals surface area contributed by atoms with Gasteiger partial charge in [0.25, 0.3) is 0 Å². The summed E-state index contributed by atoms with van der Waals surface area (Å²) in [6.45, 7) is 5.63. The van der Waals surface area contributed by atoms with E-state index in [1.807, 2.05) is 12.1 Å². The third-order valence-corrected chi connectivity index (χ3v) is 4.33. The zero-order chi connectivity index (χ0) is 18.2. The van der Waals surface area contributed by atoms with Crippen LogP contribution < -0.4 is 4.74 Å². The second-order valence-electron chi connectivity index (χ2n) is 6.81. The Morgan fingerprint density at radius 3 is 2.08 bits per heavy atom. The highest BCUT2D eigenvalue weighted by Gasteiger charge is 2.02. The van der Waals surface area contributed by atoms with Gasteiger partial charge in [-0.15, -0.1) is 0 Å². The molecular formula is C22H36O3. The minimum atomic E-state index is -0.0237. The van der Waals surface area contributed by atoms with Crippen LogP contribution in [0.5, 0.6) is 5.75 Å². The predicted octanol–water partition coefficient (Wildman–Crippen LogP) is 6.23. The van der Waals surface area contributed by atoms with E-state index in [1.165, 1.54) is 37.7 Å². The number of hydrogen-bond donors (Lipinski definition) is 0. The summed E-state index contributed by atoms with van der Waals surface area (Å²) >= 11 is 0. The van der Waals surface area contributed by atoms with Crippen LogP contribution in [-0.4, -0.2) is 19.2 Å². The highest BCUT2D eigenvalue weighted by molar-refractivity contribution is 5.69. The molecule has 0 spiro atoms. The number of hydrogen-bond acceptors (Lipinski definition) is 3. The van der Waals surface area contributed by atoms with Crippen molar-refractivity contribution in [2.24, 2.45) is 0 Å². The van der Waals surface area contributed by atoms with Crippen molar-refractivity contribution in [1.29, 1.82) is 0 Å². The molecule has 0 heterocycles. The molecule has 0 amide bonds. The Hall–Kier alpha value is -1.51. The zero-order valence-electron chi connectivity index (χ0n) is 16.2. The molecule has 0 aliphatic heterocycles. The number of benzene rings is 1. The van der Waals surface area contributed by atoms with Gasteiger partial charge in [-0.1, -0.05) is 69.6 Å². The Morgan fingerprint density at radius 2 is 1.40 bits per heavy atom. The van der Waals surface area contributed by atoms with Crippen molar-refractivity contribution in [3.05, 3.63) is 29.8 Å². The van der Waals surface area contributed by atoms with Crippen LogP contribution in [0.2, 0.25) is 0 Å². The van der Waals surface area contributed by atoms with E-state index in [1.54, 1.807) is 0 Å². The molecule has 0 saturated heterocycles. The van der Waals surface area contributed by atoms with Crippen molar-refractivity contribution in [3.8, 4) is 5.75 Å². The summed E-state index contributed by atoms with van der Waals surface area (Å²) in [4.78, 5) is 11.5. The number of ether oxygens (including phenoxy) is 2. The third-order valence-electron chi connectivity index (χ3n) is 4.33. The van der Waals surface area contributed by atoms with Gasteiger partial charge in [0.1, 0.15) is 5.75 Å². The van der Waals surface area contributed by atoms with Gasteiger partial charge in [-0.05, 0) is 38.3 Å². The topological polar surface area (TPSA) is 35.5 Å². The van der Waals surface area contributed by atoms with Crippen LogP contribution in [-0.2, 0) is 9.53 Å². The van der Waals surface area contributed by atoms with Crippen LogP contribution in [0.3, 0.4) is 0 Å². The van der Waals surface area contributed by atoms with Crippen molar-refractivity contribution >= 4 is 5.97 Å². The molecule has 0 unspecified atom stereocenters. The molecule has 0 aliphatic rings. The van der Waals surface area contributed by atoms with Crippen molar-refractivity contribution in [2.45, 2.75) is 84.5 Å². The Balaban J connectivity index is 1.82. The summed E-state index contributed by atoms with van der Waals surface area (Å²) in [5, 5.41) is 0. The fourth-order valence-electron chi connectivity index (χ4n) is 2.69. The molecule has 1 rings (SSSR count). The molecule has 3 nitrogen and oxygen atoms in total. The average Bonchev–Trinajstić information content (AvgIpc) is 2.62. The Kier molecular flexibility index (Phi) is 12.7. The predicted molar refractivity (Wildman–Crippen MR) is 104 cm³/mol. The van der Waals surface area contributed by atoms with Gasteiger partial charge in [0, 0.05) is 6.42 Å². The van der Waals surface area contributed by atoms with E-state index in [2.05, 4.69) is 26.0 Å². The highest BCUT2D eigenvalue weighted by atomic mass is 16.5. The SMILES string of the molecule is CCCCCCC(=O)OCCCCCCCCOc1ccc(C)cc1. The lowest BCUT2D eigenvalue weighted by Crippen LogP contribution is -2.05. The first-order chi connectivity index (χ1) is 12.2. The van der Waals surface area contributed by atoms with Gasteiger partial charge in [-0.3, -0.25) is 4.79 Å². The van der Waals surface area contributed by atoms with E-state index in [4.69, 9.17) is 9.47 Å². The smallest absolute Gasteiger partial charge is 0.305 e. The van der Waals surface area contributed by atoms with Gasteiger partial charge in [-0.2, -0.15) is 0 Å². The fraction of sp³-hybridized carbons (Fsp3) is 0.682. The van der Waals surface area contributed by atoms with Gasteiger partial charge < -0.3 is 9.47 Å². The van der Waals surface area contributed by atoms with E-state index in [9.17, 15) is 4.79 Å². The first-order valence-electron chi connectivity index (χ1n) is 10.1. The maximum absolute atomic E-state index is 11.5. The van der Waals surface area contributed by atoms with Crippen LogP contribution in [0.25, 0.3) is 0 Å². The molecule has 0 saturated carbocycles. The molecule has 0 aliphatic carbocycles. The first kappa shape index (κ1) is 21.5. The maximum Gasteiger partial charge on any atom is 0.305 e. The molecule has 142 valence electrons. The lowest BCUT2D eigenvalue weighted by atomic mass is 10.1. The summed E-state index contributed by atoms with van der Waals surface area (Å²) in [6.07, 6.45) is 12.0. The van der Waals surface area contributed by atoms with Gasteiger partial charge in [0.2, 0.25) is 0 Å². The Labute approximate surface area is 154 Å². The van der Waals surface area contributed by atoms with E-state index < -0.39 is 0 Å². The summed E-state index contributed by atoms with van der Waals surface area (Å²) in [5.41, 5.74) is 1.26. The Morgan fingerprint density at radius 1 is 0.800 bits per heavy atom. The van der Waals surface area contributed by atoms with Crippen molar-refractivity contribution in [1.82, 2.24) is 0 Å². The van der Waals surface area contributed by atoms with Crippen molar-refractivity contribution in [3.63, 3.8) is 0 Å². The molecule has 0 atom stereocenters. The second-order valence-corrected chi connectivity index (χ2v) is 6.81. The van der Waals surface area contributed by atoms with Gasteiger partial charge in [0.05, 0.1) is 13.2 Å². The molecule has 1 aromatic rings. The summed E-state index contributed by atoms with van der Waals surface area (Å²) in [7, 11) is 0. The largest absolute Gasteiger partial charge is 0.494 e. The first-order valence-corrected chi connectivity index (χ1v) is 10.1. The number of aryl methyl sites for hydroxylation is 1. The van der Waals surface area contributed by atoms with E-state index in [0.29, 0.717) is 13.0 Å². The standard InChI is InChI=1S/C22H36O3/c1-3-4-5-10-13-22(23)25-19-12-9-7-6-8-11-18-24-21-16-14-20(2)15-17-21/h14-17H,3-13,18-19H2,1-2H3. The molecule has 1 aromatic carbocycles. The number of rotatable bonds is 15. The molecular weight excluding hydrogens is 312 g/mol. The summed E-state index contributed by atoms with van der Waals surface area (Å²) in [6, 6.07) is 8.21. The van der Waals surface area contributed by atoms with Gasteiger partial charge >= 0.3 is 5.97 Å². The monoisotopic (exact) mass is 348 g/mol. The maximum atomic E-state index is 11.5. The molecule has 0 radical (unpaired) electrons. The Bertz CT molecular complexity index is 439. The third kappa shape index (κ3) is 12.5. The second kappa shape index (κ2) is 14.8. The number of esters is 1. The lowest BCUT2D eigenvalue weighted by molar-refractivity contribution is -0.143. The average molecular weight is 349 g/mol. The van der Waals surface area contributed by atoms with Crippen LogP contribution in [0.1, 0.15) is 83.1 Å². The quantitative estimate of drug-likeness (QED) is 0.278. The van der Waals surface area contributed by atoms with E-state index in [0.717, 1.165) is 44.5 Å². The molecule has 0 fully saturated rings. The molecule has 0 bridgehead atoms. The minimum absolute atomic E-state index is 0.0237. The van der Waals surface area contributed by atoms with Gasteiger partial charge in [0.15, 0.2) is 0 Å². The van der Waals surface area contributed by atoms with Crippen LogP contribution in [0, 0.1) is 6.92 Å². The summed E-state index contributed by atoms with van der Waals surface area (Å²) in [5.74, 6) is 0.937. The molecule has 0 aromatic heterocycles. The van der Waals surface area contributed by atoms with Crippen LogP contribution in [0.15, 0.2) is 24.3 Å². The number of unbranched alkanes of at least 4 members (excludes halogenated alkanes) is 8. The summed E-state index contributed by atoms with van der Waals surface area (Å²) < 4.78 is 11.0. The van der Waals surface area contributed by atoms with Crippen molar-refractivity contribution in [2.75, 3.05) is 13.2 Å². The highest BCUT2D eigenvalue weighted by Crippen LogP contribution is 2.13. The van der Waals surface area contributed by atoms with E-state index in [-0.39, 0.29) is 5.97 Å². The minimum Gasteiger partial charge on any atom is -0.494 e. The number of carbonyl (C=O) groups excluding carboxylic acids is 1. The van der Waals surface area contributed by atoms with Crippen molar-refractivity contribution < 1.29 is 14.3 Å². The molecule has 25 heavy (non-hydrogen) atoms. The van der Waals surface area contributed by atoms with Crippen LogP contribution >= 0.6 is 0 Å². The van der Waals surface area contributed by atoms with E-state index >= 15 is 0 Å². The van der Waals surface area contributed by atoms with Crippen LogP contribution in [0.4, 0.5) is 0 Å². The van der Waals surface area contributed by atoms with Gasteiger partial charge in [-0.25, -0.2) is 0 Å².